The van der Waals surface area contributed by atoms with Crippen LogP contribution in [0.5, 0.6) is 0 Å². The molecule has 2 aliphatic rings. The monoisotopic (exact) mass is 502 g/mol. The van der Waals surface area contributed by atoms with Gasteiger partial charge in [0.2, 0.25) is 0 Å². The number of amides is 2. The molecule has 194 valence electrons. The molecule has 5 rings (SSSR count). The summed E-state index contributed by atoms with van der Waals surface area (Å²) in [5.74, 6) is 1.26. The van der Waals surface area contributed by atoms with Crippen LogP contribution in [0.15, 0.2) is 60.7 Å². The maximum absolute atomic E-state index is 13.0. The SMILES string of the molecule is COCC[C@H]1CC(c2ccccc2)[C@@]2(C1)C[C@@H]2NC(=O)Nc1cc(-c2ccc(C(=O)OC)cc2)nn1C. The normalized spacial score (nSPS) is 24.1. The highest BCUT2D eigenvalue weighted by molar-refractivity contribution is 5.91. The number of carbonyl (C=O) groups is 2. The minimum atomic E-state index is -0.383. The molecule has 1 unspecified atom stereocenters. The van der Waals surface area contributed by atoms with E-state index in [1.165, 1.54) is 12.7 Å². The van der Waals surface area contributed by atoms with Crippen molar-refractivity contribution in [1.29, 1.82) is 0 Å². The fourth-order valence-electron chi connectivity index (χ4n) is 6.05. The number of benzene rings is 2. The van der Waals surface area contributed by atoms with Crippen molar-refractivity contribution in [2.45, 2.75) is 37.6 Å². The lowest BCUT2D eigenvalue weighted by Gasteiger charge is -2.21. The second-order valence-electron chi connectivity index (χ2n) is 10.2. The highest BCUT2D eigenvalue weighted by Gasteiger charge is 2.63. The minimum Gasteiger partial charge on any atom is -0.465 e. The zero-order chi connectivity index (χ0) is 26.0. The number of urea groups is 1. The number of aryl methyl sites for hydroxylation is 1. The number of nitrogens with one attached hydrogen (secondary N) is 2. The van der Waals surface area contributed by atoms with Crippen molar-refractivity contribution < 1.29 is 19.1 Å². The van der Waals surface area contributed by atoms with Crippen LogP contribution in [0.3, 0.4) is 0 Å². The molecule has 8 nitrogen and oxygen atoms in total. The van der Waals surface area contributed by atoms with E-state index in [0.717, 1.165) is 37.9 Å². The minimum absolute atomic E-state index is 0.107. The average Bonchev–Trinajstić information content (AvgIpc) is 3.25. The van der Waals surface area contributed by atoms with Gasteiger partial charge >= 0.3 is 12.0 Å². The van der Waals surface area contributed by atoms with Crippen LogP contribution in [0, 0.1) is 11.3 Å². The third-order valence-corrected chi connectivity index (χ3v) is 8.01. The van der Waals surface area contributed by atoms with Gasteiger partial charge in [-0.15, -0.1) is 0 Å². The van der Waals surface area contributed by atoms with Gasteiger partial charge in [-0.05, 0) is 60.6 Å². The smallest absolute Gasteiger partial charge is 0.337 e. The summed E-state index contributed by atoms with van der Waals surface area (Å²) in [6, 6.07) is 19.5. The first kappa shape index (κ1) is 25.0. The van der Waals surface area contributed by atoms with Gasteiger partial charge in [0.15, 0.2) is 0 Å². The van der Waals surface area contributed by atoms with Gasteiger partial charge in [-0.1, -0.05) is 42.5 Å². The largest absolute Gasteiger partial charge is 0.465 e. The molecule has 8 heteroatoms. The van der Waals surface area contributed by atoms with Crippen LogP contribution >= 0.6 is 0 Å². The average molecular weight is 503 g/mol. The number of hydrogen-bond acceptors (Lipinski definition) is 5. The Labute approximate surface area is 217 Å². The molecule has 2 aliphatic carbocycles. The second-order valence-corrected chi connectivity index (χ2v) is 10.2. The Morgan fingerprint density at radius 3 is 2.54 bits per heavy atom. The predicted molar refractivity (Wildman–Crippen MR) is 141 cm³/mol. The van der Waals surface area contributed by atoms with Crippen LogP contribution in [-0.2, 0) is 16.5 Å². The number of methoxy groups -OCH3 is 2. The zero-order valence-corrected chi connectivity index (χ0v) is 21.6. The fraction of sp³-hybridized carbons (Fsp3) is 0.414. The lowest BCUT2D eigenvalue weighted by atomic mass is 9.85. The van der Waals surface area contributed by atoms with E-state index in [1.807, 2.05) is 18.2 Å². The zero-order valence-electron chi connectivity index (χ0n) is 21.6. The van der Waals surface area contributed by atoms with Gasteiger partial charge in [0.05, 0.1) is 18.4 Å². The molecule has 0 bridgehead atoms. The Bertz CT molecular complexity index is 1260. The molecule has 2 fully saturated rings. The van der Waals surface area contributed by atoms with Crippen LogP contribution in [0.1, 0.15) is 47.5 Å². The summed E-state index contributed by atoms with van der Waals surface area (Å²) in [6.07, 6.45) is 4.29. The second kappa shape index (κ2) is 10.4. The summed E-state index contributed by atoms with van der Waals surface area (Å²) in [5.41, 5.74) is 3.50. The molecular weight excluding hydrogens is 468 g/mol. The fourth-order valence-corrected chi connectivity index (χ4v) is 6.05. The van der Waals surface area contributed by atoms with E-state index in [-0.39, 0.29) is 23.5 Å². The van der Waals surface area contributed by atoms with E-state index in [9.17, 15) is 9.59 Å². The van der Waals surface area contributed by atoms with Crippen molar-refractivity contribution in [3.63, 3.8) is 0 Å². The van der Waals surface area contributed by atoms with Crippen LogP contribution in [-0.4, -0.2) is 48.6 Å². The van der Waals surface area contributed by atoms with Crippen LogP contribution in [0.25, 0.3) is 11.3 Å². The number of aromatic nitrogens is 2. The molecule has 2 saturated carbocycles. The van der Waals surface area contributed by atoms with Crippen molar-refractivity contribution in [3.05, 3.63) is 71.8 Å². The summed E-state index contributed by atoms with van der Waals surface area (Å²) in [6.45, 7) is 0.773. The summed E-state index contributed by atoms with van der Waals surface area (Å²) < 4.78 is 11.8. The number of carbonyl (C=O) groups excluding carboxylic acids is 2. The molecule has 37 heavy (non-hydrogen) atoms. The van der Waals surface area contributed by atoms with Crippen molar-refractivity contribution in [3.8, 4) is 11.3 Å². The first-order valence-electron chi connectivity index (χ1n) is 12.8. The number of nitrogens with zero attached hydrogens (tertiary/aromatic N) is 2. The van der Waals surface area contributed by atoms with Crippen molar-refractivity contribution >= 4 is 17.8 Å². The molecule has 1 spiro atoms. The Kier molecular flexibility index (Phi) is 7.02. The van der Waals surface area contributed by atoms with Crippen LogP contribution in [0.4, 0.5) is 10.6 Å². The topological polar surface area (TPSA) is 94.5 Å². The van der Waals surface area contributed by atoms with Gasteiger partial charge in [0.25, 0.3) is 0 Å². The van der Waals surface area contributed by atoms with Gasteiger partial charge < -0.3 is 14.8 Å². The molecule has 1 heterocycles. The lowest BCUT2D eigenvalue weighted by molar-refractivity contribution is 0.0600. The van der Waals surface area contributed by atoms with Crippen molar-refractivity contribution in [1.82, 2.24) is 15.1 Å². The maximum Gasteiger partial charge on any atom is 0.337 e. The number of rotatable bonds is 8. The standard InChI is InChI=1S/C29H34N4O4/c1-33-26(16-24(32-33)21-9-11-22(12-10-21)27(34)37-3)31-28(35)30-25-18-29(25)17-19(13-14-36-2)15-23(29)20-7-5-4-6-8-20/h4-12,16,19,23,25H,13-15,17-18H2,1-3H3,(H2,30,31,35)/t19-,23?,25-,29+/m0/s1. The summed E-state index contributed by atoms with van der Waals surface area (Å²) >= 11 is 0. The molecule has 3 aromatic rings. The van der Waals surface area contributed by atoms with Gasteiger partial charge in [0, 0.05) is 38.4 Å². The highest BCUT2D eigenvalue weighted by atomic mass is 16.5. The lowest BCUT2D eigenvalue weighted by Crippen LogP contribution is -2.34. The quantitative estimate of drug-likeness (QED) is 0.424. The summed E-state index contributed by atoms with van der Waals surface area (Å²) in [5, 5.41) is 10.7. The van der Waals surface area contributed by atoms with E-state index < -0.39 is 0 Å². The summed E-state index contributed by atoms with van der Waals surface area (Å²) in [7, 11) is 4.91. The Balaban J connectivity index is 1.25. The van der Waals surface area contributed by atoms with Crippen molar-refractivity contribution in [2.24, 2.45) is 18.4 Å². The highest BCUT2D eigenvalue weighted by Crippen LogP contribution is 2.67. The first-order valence-corrected chi connectivity index (χ1v) is 12.8. The van der Waals surface area contributed by atoms with Crippen LogP contribution in [0.2, 0.25) is 0 Å². The van der Waals surface area contributed by atoms with Crippen LogP contribution < -0.4 is 10.6 Å². The third kappa shape index (κ3) is 5.11. The van der Waals surface area contributed by atoms with Gasteiger partial charge in [0.1, 0.15) is 5.82 Å². The number of hydrogen-bond donors (Lipinski definition) is 2. The molecule has 2 N–H and O–H groups in total. The van der Waals surface area contributed by atoms with Gasteiger partial charge in [-0.3, -0.25) is 10.00 Å². The van der Waals surface area contributed by atoms with E-state index >= 15 is 0 Å². The molecule has 0 saturated heterocycles. The molecule has 0 radical (unpaired) electrons. The molecule has 0 aliphatic heterocycles. The van der Waals surface area contributed by atoms with Crippen molar-refractivity contribution in [2.75, 3.05) is 26.1 Å². The van der Waals surface area contributed by atoms with Gasteiger partial charge in [-0.2, -0.15) is 5.10 Å². The van der Waals surface area contributed by atoms with E-state index in [2.05, 4.69) is 46.1 Å². The Hall–Kier alpha value is -3.65. The molecular formula is C29H34N4O4. The molecule has 1 aromatic heterocycles. The molecule has 2 aromatic carbocycles. The van der Waals surface area contributed by atoms with E-state index in [4.69, 9.17) is 9.47 Å². The number of esters is 1. The maximum atomic E-state index is 13.0. The van der Waals surface area contributed by atoms with E-state index in [1.54, 1.807) is 31.0 Å². The van der Waals surface area contributed by atoms with Gasteiger partial charge in [-0.25, -0.2) is 9.59 Å². The molecule has 4 atom stereocenters. The predicted octanol–water partition coefficient (Wildman–Crippen LogP) is 4.98. The van der Waals surface area contributed by atoms with E-state index in [0.29, 0.717) is 28.9 Å². The first-order chi connectivity index (χ1) is 17.9. The Morgan fingerprint density at radius 2 is 1.84 bits per heavy atom. The Morgan fingerprint density at radius 1 is 1.08 bits per heavy atom. The molecule has 2 amide bonds. The summed E-state index contributed by atoms with van der Waals surface area (Å²) in [4.78, 5) is 24.7. The number of ether oxygens (including phenoxy) is 2. The third-order valence-electron chi connectivity index (χ3n) is 8.01. The number of anilines is 1.